The van der Waals surface area contributed by atoms with Gasteiger partial charge in [0.2, 0.25) is 0 Å². The van der Waals surface area contributed by atoms with Gasteiger partial charge in [0.15, 0.2) is 0 Å². The van der Waals surface area contributed by atoms with Gasteiger partial charge in [-0.3, -0.25) is 0 Å². The van der Waals surface area contributed by atoms with Crippen LogP contribution in [0.25, 0.3) is 0 Å². The highest BCUT2D eigenvalue weighted by atomic mass is 35.5. The summed E-state index contributed by atoms with van der Waals surface area (Å²) in [5, 5.41) is 4.30. The summed E-state index contributed by atoms with van der Waals surface area (Å²) in [4.78, 5) is 2.44. The number of hydrogen-bond acceptors (Lipinski definition) is 3. The molecule has 1 fully saturated rings. The lowest BCUT2D eigenvalue weighted by atomic mass is 10.1. The Balaban J connectivity index is 1.52. The Bertz CT molecular complexity index is 582. The van der Waals surface area contributed by atoms with Gasteiger partial charge in [-0.2, -0.15) is 0 Å². The number of furan rings is 1. The van der Waals surface area contributed by atoms with E-state index in [4.69, 9.17) is 16.0 Å². The number of rotatable bonds is 5. The summed E-state index contributed by atoms with van der Waals surface area (Å²) in [6, 6.07) is 10.1. The van der Waals surface area contributed by atoms with Crippen molar-refractivity contribution in [2.75, 3.05) is 24.5 Å². The Labute approximate surface area is 130 Å². The number of nitrogens with zero attached hydrogens (tertiary/aromatic N) is 1. The summed E-state index contributed by atoms with van der Waals surface area (Å²) in [6.45, 7) is 6.17. The first-order valence-corrected chi connectivity index (χ1v) is 7.84. The van der Waals surface area contributed by atoms with E-state index in [9.17, 15) is 0 Å². The van der Waals surface area contributed by atoms with Crippen LogP contribution in [-0.2, 0) is 6.54 Å². The topological polar surface area (TPSA) is 28.4 Å². The summed E-state index contributed by atoms with van der Waals surface area (Å²) in [5.74, 6) is 1.67. The SMILES string of the molecule is Cc1ccc(Cl)cc1N1CCC(CNCc2ccco2)C1. The Morgan fingerprint density at radius 3 is 3.10 bits per heavy atom. The van der Waals surface area contributed by atoms with Crippen LogP contribution in [0.1, 0.15) is 17.7 Å². The molecule has 3 rings (SSSR count). The van der Waals surface area contributed by atoms with Crippen LogP contribution in [-0.4, -0.2) is 19.6 Å². The molecule has 1 N–H and O–H groups in total. The number of anilines is 1. The van der Waals surface area contributed by atoms with E-state index in [2.05, 4.69) is 29.3 Å². The van der Waals surface area contributed by atoms with Crippen molar-refractivity contribution in [2.45, 2.75) is 19.9 Å². The molecule has 4 heteroatoms. The summed E-state index contributed by atoms with van der Waals surface area (Å²) in [5.41, 5.74) is 2.57. The van der Waals surface area contributed by atoms with Gasteiger partial charge >= 0.3 is 0 Å². The Morgan fingerprint density at radius 1 is 1.38 bits per heavy atom. The molecule has 1 atom stereocenters. The summed E-state index contributed by atoms with van der Waals surface area (Å²) in [7, 11) is 0. The molecule has 112 valence electrons. The Hall–Kier alpha value is -1.45. The molecule has 0 spiro atoms. The average Bonchev–Trinajstić information content (AvgIpc) is 3.13. The van der Waals surface area contributed by atoms with Crippen LogP contribution in [0.2, 0.25) is 5.02 Å². The zero-order valence-electron chi connectivity index (χ0n) is 12.3. The second-order valence-corrected chi connectivity index (χ2v) is 6.18. The van der Waals surface area contributed by atoms with Crippen LogP contribution in [0.4, 0.5) is 5.69 Å². The van der Waals surface area contributed by atoms with E-state index in [1.54, 1.807) is 6.26 Å². The lowest BCUT2D eigenvalue weighted by Crippen LogP contribution is -2.26. The summed E-state index contributed by atoms with van der Waals surface area (Å²) >= 11 is 6.12. The highest BCUT2D eigenvalue weighted by molar-refractivity contribution is 6.30. The number of halogens is 1. The van der Waals surface area contributed by atoms with Crippen molar-refractivity contribution in [2.24, 2.45) is 5.92 Å². The Kier molecular flexibility index (Phi) is 4.51. The third kappa shape index (κ3) is 3.60. The molecule has 0 amide bonds. The first-order valence-electron chi connectivity index (χ1n) is 7.46. The second kappa shape index (κ2) is 6.54. The van der Waals surface area contributed by atoms with Crippen molar-refractivity contribution in [1.82, 2.24) is 5.32 Å². The molecular weight excluding hydrogens is 284 g/mol. The quantitative estimate of drug-likeness (QED) is 0.909. The van der Waals surface area contributed by atoms with E-state index in [0.29, 0.717) is 5.92 Å². The van der Waals surface area contributed by atoms with Crippen molar-refractivity contribution in [3.05, 3.63) is 52.9 Å². The molecule has 0 aliphatic carbocycles. The number of benzene rings is 1. The van der Waals surface area contributed by atoms with Gasteiger partial charge in [-0.05, 0) is 49.1 Å². The lowest BCUT2D eigenvalue weighted by molar-refractivity contribution is 0.454. The maximum Gasteiger partial charge on any atom is 0.117 e. The Morgan fingerprint density at radius 2 is 2.29 bits per heavy atom. The minimum absolute atomic E-state index is 0.679. The molecule has 2 heterocycles. The predicted octanol–water partition coefficient (Wildman–Crippen LogP) is 3.86. The highest BCUT2D eigenvalue weighted by Gasteiger charge is 2.23. The van der Waals surface area contributed by atoms with Gasteiger partial charge < -0.3 is 14.6 Å². The molecule has 0 radical (unpaired) electrons. The second-order valence-electron chi connectivity index (χ2n) is 5.74. The van der Waals surface area contributed by atoms with Gasteiger partial charge in [0, 0.05) is 30.3 Å². The first kappa shape index (κ1) is 14.5. The third-order valence-electron chi connectivity index (χ3n) is 4.11. The van der Waals surface area contributed by atoms with Gasteiger partial charge in [0.1, 0.15) is 5.76 Å². The molecule has 21 heavy (non-hydrogen) atoms. The van der Waals surface area contributed by atoms with E-state index < -0.39 is 0 Å². The van der Waals surface area contributed by atoms with Crippen LogP contribution in [0.5, 0.6) is 0 Å². The minimum atomic E-state index is 0.679. The summed E-state index contributed by atoms with van der Waals surface area (Å²) in [6.07, 6.45) is 2.94. The molecule has 0 bridgehead atoms. The maximum atomic E-state index is 6.12. The van der Waals surface area contributed by atoms with E-state index >= 15 is 0 Å². The normalized spacial score (nSPS) is 18.4. The van der Waals surface area contributed by atoms with Gasteiger partial charge in [-0.15, -0.1) is 0 Å². The van der Waals surface area contributed by atoms with E-state index in [1.807, 2.05) is 18.2 Å². The van der Waals surface area contributed by atoms with E-state index in [1.165, 1.54) is 17.7 Å². The average molecular weight is 305 g/mol. The smallest absolute Gasteiger partial charge is 0.117 e. The van der Waals surface area contributed by atoms with Crippen LogP contribution in [0, 0.1) is 12.8 Å². The van der Waals surface area contributed by atoms with Crippen molar-refractivity contribution in [3.8, 4) is 0 Å². The lowest BCUT2D eigenvalue weighted by Gasteiger charge is -2.21. The molecular formula is C17H21ClN2O. The largest absolute Gasteiger partial charge is 0.468 e. The maximum absolute atomic E-state index is 6.12. The predicted molar refractivity (Wildman–Crippen MR) is 86.9 cm³/mol. The van der Waals surface area contributed by atoms with Crippen LogP contribution in [0.15, 0.2) is 41.0 Å². The molecule has 0 saturated carbocycles. The molecule has 1 aliphatic rings. The van der Waals surface area contributed by atoms with E-state index in [0.717, 1.165) is 37.0 Å². The van der Waals surface area contributed by atoms with Crippen LogP contribution >= 0.6 is 11.6 Å². The molecule has 3 nitrogen and oxygen atoms in total. The van der Waals surface area contributed by atoms with Crippen molar-refractivity contribution in [1.29, 1.82) is 0 Å². The van der Waals surface area contributed by atoms with Gasteiger partial charge in [-0.25, -0.2) is 0 Å². The molecule has 1 aromatic heterocycles. The standard InChI is InChI=1S/C17H21ClN2O/c1-13-4-5-15(18)9-17(13)20-7-6-14(12-20)10-19-11-16-3-2-8-21-16/h2-5,8-9,14,19H,6-7,10-12H2,1H3. The molecule has 1 aromatic carbocycles. The fourth-order valence-electron chi connectivity index (χ4n) is 2.95. The van der Waals surface area contributed by atoms with Crippen LogP contribution in [0.3, 0.4) is 0 Å². The van der Waals surface area contributed by atoms with Crippen molar-refractivity contribution < 1.29 is 4.42 Å². The number of hydrogen-bond donors (Lipinski definition) is 1. The number of aryl methyl sites for hydroxylation is 1. The fraction of sp³-hybridized carbons (Fsp3) is 0.412. The van der Waals surface area contributed by atoms with Gasteiger partial charge in [0.05, 0.1) is 12.8 Å². The molecule has 2 aromatic rings. The summed E-state index contributed by atoms with van der Waals surface area (Å²) < 4.78 is 5.33. The monoisotopic (exact) mass is 304 g/mol. The van der Waals surface area contributed by atoms with E-state index in [-0.39, 0.29) is 0 Å². The fourth-order valence-corrected chi connectivity index (χ4v) is 3.12. The first-order chi connectivity index (χ1) is 10.2. The zero-order valence-corrected chi connectivity index (χ0v) is 13.1. The minimum Gasteiger partial charge on any atom is -0.468 e. The van der Waals surface area contributed by atoms with Crippen LogP contribution < -0.4 is 10.2 Å². The number of nitrogens with one attached hydrogen (secondary N) is 1. The van der Waals surface area contributed by atoms with Crippen molar-refractivity contribution >= 4 is 17.3 Å². The molecule has 1 saturated heterocycles. The van der Waals surface area contributed by atoms with Gasteiger partial charge in [0.25, 0.3) is 0 Å². The highest BCUT2D eigenvalue weighted by Crippen LogP contribution is 2.29. The third-order valence-corrected chi connectivity index (χ3v) is 4.35. The molecule has 1 unspecified atom stereocenters. The van der Waals surface area contributed by atoms with Gasteiger partial charge in [-0.1, -0.05) is 17.7 Å². The zero-order chi connectivity index (χ0) is 14.7. The molecule has 1 aliphatic heterocycles. The van der Waals surface area contributed by atoms with Crippen molar-refractivity contribution in [3.63, 3.8) is 0 Å².